The molecule has 0 saturated heterocycles. The number of rotatable bonds is 0. The van der Waals surface area contributed by atoms with Crippen molar-refractivity contribution in [2.45, 2.75) is 0 Å². The van der Waals surface area contributed by atoms with Crippen molar-refractivity contribution >= 4 is 177 Å². The summed E-state index contributed by atoms with van der Waals surface area (Å²) in [6.07, 6.45) is 0. The molecule has 0 amide bonds. The van der Waals surface area contributed by atoms with Crippen molar-refractivity contribution in [3.63, 3.8) is 0 Å². The Bertz CT molecular complexity index is 9.65. The summed E-state index contributed by atoms with van der Waals surface area (Å²) in [5, 5.41) is 0. The van der Waals surface area contributed by atoms with Crippen LogP contribution < -0.4 is 0 Å². The van der Waals surface area contributed by atoms with Crippen LogP contribution >= 0.6 is 0 Å². The fraction of sp³-hybridized carbons (Fsp3) is 0. The van der Waals surface area contributed by atoms with Crippen LogP contribution in [-0.4, -0.2) is 177 Å². The molecule has 0 N–H and O–H groups in total. The van der Waals surface area contributed by atoms with E-state index in [2.05, 4.69) is 0 Å². The zero-order valence-electron chi connectivity index (χ0n) is 3.55. The summed E-state index contributed by atoms with van der Waals surface area (Å²) in [7, 11) is 0. The molecule has 0 bridgehead atoms. The maximum Gasteiger partial charge on any atom is 2.00 e. The Morgan fingerprint density at radius 2 is 0.429 bits per heavy atom. The van der Waals surface area contributed by atoms with Crippen molar-refractivity contribution in [1.82, 2.24) is 0 Å². The molecular formula is GeSe4Sr2. The Hall–Kier alpha value is 5.58. The van der Waals surface area contributed by atoms with E-state index in [9.17, 15) is 0 Å². The van der Waals surface area contributed by atoms with Crippen LogP contribution in [-0.2, 0) is 0 Å². The van der Waals surface area contributed by atoms with E-state index in [0.717, 1.165) is 0 Å². The van der Waals surface area contributed by atoms with Crippen molar-refractivity contribution in [1.29, 1.82) is 0 Å². The molecule has 0 rings (SSSR count). The van der Waals surface area contributed by atoms with E-state index in [1.807, 2.05) is 0 Å². The van der Waals surface area contributed by atoms with Crippen LogP contribution in [0.1, 0.15) is 0 Å². The molecule has 0 heterocycles. The van der Waals surface area contributed by atoms with Crippen molar-refractivity contribution in [3.05, 3.63) is 0 Å². The van der Waals surface area contributed by atoms with E-state index in [0.29, 0.717) is 0 Å². The minimum absolute atomic E-state index is 0. The number of hydrogen-bond donors (Lipinski definition) is 0. The third-order valence-electron chi connectivity index (χ3n) is 0. The van der Waals surface area contributed by atoms with Crippen LogP contribution in [0.3, 0.4) is 0 Å². The van der Waals surface area contributed by atoms with Gasteiger partial charge in [-0.25, -0.2) is 0 Å². The topological polar surface area (TPSA) is 0 Å². The second kappa shape index (κ2) is 41.6. The van der Waals surface area contributed by atoms with Crippen molar-refractivity contribution in [2.24, 2.45) is 0 Å². The summed E-state index contributed by atoms with van der Waals surface area (Å²) in [6.45, 7) is 0. The molecule has 0 aliphatic heterocycles. The van der Waals surface area contributed by atoms with Gasteiger partial charge >= 0.3 is 91.0 Å². The molecule has 7 heteroatoms. The van der Waals surface area contributed by atoms with Crippen LogP contribution in [0.25, 0.3) is 0 Å². The van der Waals surface area contributed by atoms with E-state index >= 15 is 0 Å². The molecule has 0 aromatic rings. The van der Waals surface area contributed by atoms with Crippen LogP contribution in [0.5, 0.6) is 0 Å². The molecule has 0 aliphatic rings. The van der Waals surface area contributed by atoms with Crippen LogP contribution in [0.2, 0.25) is 0 Å². The van der Waals surface area contributed by atoms with E-state index in [-0.39, 0.29) is 177 Å². The minimum atomic E-state index is 0. The Morgan fingerprint density at radius 1 is 0.429 bits per heavy atom. The first-order chi connectivity index (χ1) is 0. The maximum atomic E-state index is 0. The monoisotopic (exact) mass is 569 g/mol. The van der Waals surface area contributed by atoms with Gasteiger partial charge in [0.1, 0.15) is 0 Å². The normalized spacial score (nSPS) is 0. The molecule has 0 aromatic heterocycles. The SMILES string of the molecule is [Ge].[Se-].[Se-].[Se-].[Se-].[Sr+2].[Sr+2]. The van der Waals surface area contributed by atoms with Gasteiger partial charge in [0.25, 0.3) is 0 Å². The Kier molecular flexibility index (Phi) is 322. The maximum absolute atomic E-state index is 0. The summed E-state index contributed by atoms with van der Waals surface area (Å²) < 4.78 is 0. The molecule has 8 radical (unpaired) electrons. The largest absolute Gasteiger partial charge is 2.00 e. The summed E-state index contributed by atoms with van der Waals surface area (Å²) in [6, 6.07) is 0. The first-order valence-electron chi connectivity index (χ1n) is 0. The second-order valence-corrected chi connectivity index (χ2v) is 0. The minimum Gasteiger partial charge on any atom is -1.00 e. The first kappa shape index (κ1) is 54.2. The van der Waals surface area contributed by atoms with Crippen molar-refractivity contribution in [3.8, 4) is 0 Å². The predicted octanol–water partition coefficient (Wildman–Crippen LogP) is -2.67. The molecule has 0 fully saturated rings. The van der Waals surface area contributed by atoms with E-state index < -0.39 is 0 Å². The van der Waals surface area contributed by atoms with Gasteiger partial charge < -0.3 is 68.3 Å². The van der Waals surface area contributed by atoms with Crippen LogP contribution in [0.15, 0.2) is 0 Å². The fourth-order valence-corrected chi connectivity index (χ4v) is 0. The molecular weight excluding hydrogens is 564 g/mol. The average Bonchev–Trinajstić information content (AvgIpc) is 0. The van der Waals surface area contributed by atoms with Gasteiger partial charge in [-0.3, -0.25) is 0 Å². The zero-order chi connectivity index (χ0) is 0. The number of hydrogen-bond acceptors (Lipinski definition) is 0. The van der Waals surface area contributed by atoms with Crippen molar-refractivity contribution in [2.75, 3.05) is 0 Å². The quantitative estimate of drug-likeness (QED) is 0.283. The third-order valence-corrected chi connectivity index (χ3v) is 0. The van der Waals surface area contributed by atoms with Gasteiger partial charge in [0, 0.05) is 17.6 Å². The predicted molar refractivity (Wildman–Crippen MR) is 40.3 cm³/mol. The molecule has 0 spiro atoms. The Labute approximate surface area is 172 Å². The van der Waals surface area contributed by atoms with Crippen molar-refractivity contribution < 1.29 is 0 Å². The molecule has 0 aliphatic carbocycles. The summed E-state index contributed by atoms with van der Waals surface area (Å²) in [4.78, 5) is 0. The average molecular weight is 564 g/mol. The molecule has 0 unspecified atom stereocenters. The molecule has 0 nitrogen and oxygen atoms in total. The Morgan fingerprint density at radius 3 is 0.429 bits per heavy atom. The summed E-state index contributed by atoms with van der Waals surface area (Å²) in [5.74, 6) is 0. The van der Waals surface area contributed by atoms with Gasteiger partial charge in [-0.2, -0.15) is 0 Å². The third kappa shape index (κ3) is 34.1. The summed E-state index contributed by atoms with van der Waals surface area (Å²) in [5.41, 5.74) is 0. The van der Waals surface area contributed by atoms with Crippen LogP contribution in [0, 0.1) is 0 Å². The molecule has 0 atom stereocenters. The van der Waals surface area contributed by atoms with Gasteiger partial charge in [-0.15, -0.1) is 0 Å². The standard InChI is InChI=1S/Ge.4Se.2Sr/q;4*-1;2*+2. The van der Waals surface area contributed by atoms with Gasteiger partial charge in [0.2, 0.25) is 0 Å². The van der Waals surface area contributed by atoms with Gasteiger partial charge in [-0.05, 0) is 0 Å². The first-order valence-corrected chi connectivity index (χ1v) is 0. The van der Waals surface area contributed by atoms with E-state index in [4.69, 9.17) is 0 Å². The second-order valence-electron chi connectivity index (χ2n) is 0. The smallest absolute Gasteiger partial charge is 1.00 e. The fourth-order valence-electron chi connectivity index (χ4n) is 0. The summed E-state index contributed by atoms with van der Waals surface area (Å²) >= 11 is 0. The molecule has 0 saturated carbocycles. The molecule has 0 aromatic carbocycles. The van der Waals surface area contributed by atoms with Gasteiger partial charge in [-0.1, -0.05) is 0 Å². The van der Waals surface area contributed by atoms with Gasteiger partial charge in [0.15, 0.2) is 0 Å². The Balaban J connectivity index is 0. The molecule has 7 heavy (non-hydrogen) atoms. The molecule has 32 valence electrons. The van der Waals surface area contributed by atoms with E-state index in [1.54, 1.807) is 0 Å². The van der Waals surface area contributed by atoms with E-state index in [1.165, 1.54) is 0 Å². The zero-order valence-corrected chi connectivity index (χ0v) is 19.4. The van der Waals surface area contributed by atoms with Crippen LogP contribution in [0.4, 0.5) is 0 Å². The van der Waals surface area contributed by atoms with Gasteiger partial charge in [0.05, 0.1) is 0 Å².